The monoisotopic (exact) mass is 532 g/mol. The number of alkyl halides is 3. The van der Waals surface area contributed by atoms with Gasteiger partial charge >= 0.3 is 12.2 Å². The summed E-state index contributed by atoms with van der Waals surface area (Å²) in [6, 6.07) is 10.2. The molecule has 200 valence electrons. The Bertz CT molecular complexity index is 1360. The van der Waals surface area contributed by atoms with Crippen LogP contribution < -0.4 is 10.1 Å². The smallest absolute Gasteiger partial charge is 0.434 e. The molecule has 11 nitrogen and oxygen atoms in total. The molecule has 2 heterocycles. The van der Waals surface area contributed by atoms with E-state index in [1.807, 2.05) is 0 Å². The lowest BCUT2D eigenvalue weighted by Crippen LogP contribution is -2.56. The van der Waals surface area contributed by atoms with Gasteiger partial charge in [0.25, 0.3) is 11.6 Å². The van der Waals surface area contributed by atoms with Crippen molar-refractivity contribution >= 4 is 23.3 Å². The third-order valence-electron chi connectivity index (χ3n) is 6.07. The SMILES string of the molecule is COc1cccc(NC(=O)N2CCN(C(=O)c3cnn(-c4ccc([N+](=O)[O-])cc4)c3C(F)(F)F)CC2C)c1. The quantitative estimate of drug-likeness (QED) is 0.389. The van der Waals surface area contributed by atoms with E-state index in [-0.39, 0.29) is 31.0 Å². The van der Waals surface area contributed by atoms with Gasteiger partial charge in [0.1, 0.15) is 5.75 Å². The number of carbonyl (C=O) groups excluding carboxylic acids is 2. The Kier molecular flexibility index (Phi) is 7.23. The van der Waals surface area contributed by atoms with Crippen molar-refractivity contribution in [1.29, 1.82) is 0 Å². The van der Waals surface area contributed by atoms with Crippen molar-refractivity contribution in [2.75, 3.05) is 32.1 Å². The number of nitrogens with zero attached hydrogens (tertiary/aromatic N) is 5. The molecule has 1 aliphatic heterocycles. The van der Waals surface area contributed by atoms with Crippen LogP contribution in [0.25, 0.3) is 5.69 Å². The summed E-state index contributed by atoms with van der Waals surface area (Å²) in [5, 5.41) is 17.4. The first-order valence-corrected chi connectivity index (χ1v) is 11.4. The van der Waals surface area contributed by atoms with Crippen LogP contribution >= 0.6 is 0 Å². The lowest BCUT2D eigenvalue weighted by molar-refractivity contribution is -0.384. The molecule has 3 aromatic rings. The summed E-state index contributed by atoms with van der Waals surface area (Å²) < 4.78 is 47.9. The molecule has 1 fully saturated rings. The van der Waals surface area contributed by atoms with Crippen molar-refractivity contribution in [2.45, 2.75) is 19.1 Å². The van der Waals surface area contributed by atoms with Crippen LogP contribution in [0.3, 0.4) is 0 Å². The summed E-state index contributed by atoms with van der Waals surface area (Å²) in [5.74, 6) is -0.328. The van der Waals surface area contributed by atoms with Crippen molar-refractivity contribution in [1.82, 2.24) is 19.6 Å². The van der Waals surface area contributed by atoms with Gasteiger partial charge in [0, 0.05) is 49.6 Å². The number of hydrogen-bond acceptors (Lipinski definition) is 6. The Morgan fingerprint density at radius 3 is 2.47 bits per heavy atom. The molecule has 3 amide bonds. The molecule has 38 heavy (non-hydrogen) atoms. The number of ether oxygens (including phenoxy) is 1. The van der Waals surface area contributed by atoms with E-state index in [0.29, 0.717) is 16.1 Å². The van der Waals surface area contributed by atoms with Crippen LogP contribution in [0.2, 0.25) is 0 Å². The van der Waals surface area contributed by atoms with E-state index >= 15 is 0 Å². The number of rotatable bonds is 5. The van der Waals surface area contributed by atoms with Gasteiger partial charge in [-0.05, 0) is 31.2 Å². The molecule has 0 saturated carbocycles. The van der Waals surface area contributed by atoms with Crippen molar-refractivity contribution in [3.05, 3.63) is 76.1 Å². The van der Waals surface area contributed by atoms with E-state index in [2.05, 4.69) is 10.4 Å². The van der Waals surface area contributed by atoms with Crippen LogP contribution in [-0.2, 0) is 6.18 Å². The zero-order chi connectivity index (χ0) is 27.6. The number of methoxy groups -OCH3 is 1. The van der Waals surface area contributed by atoms with Gasteiger partial charge in [0.15, 0.2) is 5.69 Å². The van der Waals surface area contributed by atoms with E-state index < -0.39 is 40.3 Å². The van der Waals surface area contributed by atoms with Crippen molar-refractivity contribution in [3.8, 4) is 11.4 Å². The highest BCUT2D eigenvalue weighted by Crippen LogP contribution is 2.35. The second kappa shape index (κ2) is 10.4. The van der Waals surface area contributed by atoms with Crippen LogP contribution in [0.4, 0.5) is 29.3 Å². The molecule has 1 atom stereocenters. The molecule has 0 radical (unpaired) electrons. The Labute approximate surface area is 214 Å². The fourth-order valence-electron chi connectivity index (χ4n) is 4.20. The van der Waals surface area contributed by atoms with Crippen molar-refractivity contribution in [3.63, 3.8) is 0 Å². The number of hydrogen-bond donors (Lipinski definition) is 1. The molecule has 0 spiro atoms. The third kappa shape index (κ3) is 5.38. The average Bonchev–Trinajstić information content (AvgIpc) is 3.34. The summed E-state index contributed by atoms with van der Waals surface area (Å²) >= 11 is 0. The summed E-state index contributed by atoms with van der Waals surface area (Å²) in [5.41, 5.74) is -1.82. The van der Waals surface area contributed by atoms with Crippen LogP contribution in [0.15, 0.2) is 54.7 Å². The molecule has 4 rings (SSSR count). The van der Waals surface area contributed by atoms with Gasteiger partial charge < -0.3 is 19.9 Å². The largest absolute Gasteiger partial charge is 0.497 e. The van der Waals surface area contributed by atoms with Gasteiger partial charge in [0.2, 0.25) is 0 Å². The zero-order valence-corrected chi connectivity index (χ0v) is 20.3. The Morgan fingerprint density at radius 2 is 1.87 bits per heavy atom. The number of non-ortho nitro benzene ring substituents is 1. The van der Waals surface area contributed by atoms with Gasteiger partial charge in [-0.25, -0.2) is 9.48 Å². The van der Waals surface area contributed by atoms with E-state index in [4.69, 9.17) is 4.74 Å². The minimum atomic E-state index is -4.94. The maximum Gasteiger partial charge on any atom is 0.434 e. The molecule has 1 unspecified atom stereocenters. The number of nitrogens with one attached hydrogen (secondary N) is 1. The summed E-state index contributed by atoms with van der Waals surface area (Å²) in [6.07, 6.45) is -4.10. The van der Waals surface area contributed by atoms with Crippen LogP contribution in [0.1, 0.15) is 23.0 Å². The maximum absolute atomic E-state index is 14.1. The molecule has 0 bridgehead atoms. The maximum atomic E-state index is 14.1. The summed E-state index contributed by atoms with van der Waals surface area (Å²) in [7, 11) is 1.50. The number of piperazine rings is 1. The molecule has 1 saturated heterocycles. The molecule has 0 aliphatic carbocycles. The van der Waals surface area contributed by atoms with Gasteiger partial charge in [-0.3, -0.25) is 14.9 Å². The Balaban J connectivity index is 1.51. The highest BCUT2D eigenvalue weighted by Gasteiger charge is 2.42. The van der Waals surface area contributed by atoms with Crippen LogP contribution in [-0.4, -0.2) is 69.2 Å². The van der Waals surface area contributed by atoms with Crippen LogP contribution in [0.5, 0.6) is 5.75 Å². The standard InChI is InChI=1S/C24H23F3N6O5/c1-15-14-30(10-11-31(15)23(35)29-16-4-3-5-19(12-16)38-2)22(34)20-13-28-32(21(20)24(25,26)27)17-6-8-18(9-7-17)33(36)37/h3-9,12-13,15H,10-11,14H2,1-2H3,(H,29,35). The molecule has 14 heteroatoms. The van der Waals surface area contributed by atoms with E-state index in [1.54, 1.807) is 31.2 Å². The average molecular weight is 532 g/mol. The number of halogens is 3. The number of aromatic nitrogens is 2. The Morgan fingerprint density at radius 1 is 1.16 bits per heavy atom. The Hall–Kier alpha value is -4.62. The number of amides is 3. The van der Waals surface area contributed by atoms with Crippen molar-refractivity contribution < 1.29 is 32.4 Å². The number of carbonyl (C=O) groups is 2. The van der Waals surface area contributed by atoms with Gasteiger partial charge in [-0.15, -0.1) is 0 Å². The number of nitro groups is 1. The van der Waals surface area contributed by atoms with Gasteiger partial charge in [0.05, 0.1) is 29.5 Å². The fraction of sp³-hybridized carbons (Fsp3) is 0.292. The van der Waals surface area contributed by atoms with Gasteiger partial charge in [-0.2, -0.15) is 18.3 Å². The highest BCUT2D eigenvalue weighted by atomic mass is 19.4. The summed E-state index contributed by atoms with van der Waals surface area (Å²) in [4.78, 5) is 38.9. The number of nitro benzene ring substituents is 1. The first kappa shape index (κ1) is 26.4. The molecule has 1 aromatic heterocycles. The molecular formula is C24H23F3N6O5. The van der Waals surface area contributed by atoms with Crippen molar-refractivity contribution in [2.24, 2.45) is 0 Å². The lowest BCUT2D eigenvalue weighted by Gasteiger charge is -2.39. The zero-order valence-electron chi connectivity index (χ0n) is 20.3. The molecular weight excluding hydrogens is 509 g/mol. The number of anilines is 1. The minimum absolute atomic E-state index is 0.00434. The third-order valence-corrected chi connectivity index (χ3v) is 6.07. The first-order chi connectivity index (χ1) is 18.0. The van der Waals surface area contributed by atoms with E-state index in [1.165, 1.54) is 16.9 Å². The van der Waals surface area contributed by atoms with E-state index in [0.717, 1.165) is 30.5 Å². The molecule has 1 N–H and O–H groups in total. The second-order valence-electron chi connectivity index (χ2n) is 8.55. The van der Waals surface area contributed by atoms with E-state index in [9.17, 15) is 32.9 Å². The van der Waals surface area contributed by atoms with Gasteiger partial charge in [-0.1, -0.05) is 6.07 Å². The predicted molar refractivity (Wildman–Crippen MR) is 129 cm³/mol. The number of benzene rings is 2. The lowest BCUT2D eigenvalue weighted by atomic mass is 10.1. The van der Waals surface area contributed by atoms with Crippen LogP contribution in [0, 0.1) is 10.1 Å². The molecule has 1 aliphatic rings. The predicted octanol–water partition coefficient (Wildman–Crippen LogP) is 4.19. The fourth-order valence-corrected chi connectivity index (χ4v) is 4.20. The summed E-state index contributed by atoms with van der Waals surface area (Å²) in [6.45, 7) is 1.80. The normalized spacial score (nSPS) is 15.8. The number of urea groups is 1. The minimum Gasteiger partial charge on any atom is -0.497 e. The molecule has 2 aromatic carbocycles. The first-order valence-electron chi connectivity index (χ1n) is 11.4. The second-order valence-corrected chi connectivity index (χ2v) is 8.55. The highest BCUT2D eigenvalue weighted by molar-refractivity contribution is 5.96. The topological polar surface area (TPSA) is 123 Å².